The molecule has 1 amide bonds. The third-order valence-corrected chi connectivity index (χ3v) is 9.38. The molecule has 0 spiro atoms. The summed E-state index contributed by atoms with van der Waals surface area (Å²) in [4.78, 5) is 24.3. The van der Waals surface area contributed by atoms with E-state index in [9.17, 15) is 19.8 Å². The highest BCUT2D eigenvalue weighted by Gasteiger charge is 2.17. The Labute approximate surface area is 309 Å². The molecule has 0 heterocycles. The van der Waals surface area contributed by atoms with Crippen LogP contribution >= 0.6 is 0 Å². The molecule has 0 radical (unpaired) electrons. The Morgan fingerprint density at radius 1 is 0.540 bits per heavy atom. The molecule has 0 aromatic carbocycles. The van der Waals surface area contributed by atoms with Gasteiger partial charge in [-0.05, 0) is 77.0 Å². The van der Waals surface area contributed by atoms with E-state index in [1.807, 2.05) is 6.08 Å². The third-order valence-electron chi connectivity index (χ3n) is 9.38. The number of hydrogen-bond donors (Lipinski definition) is 3. The third kappa shape index (κ3) is 35.9. The molecule has 50 heavy (non-hydrogen) atoms. The van der Waals surface area contributed by atoms with Crippen LogP contribution in [0.5, 0.6) is 0 Å². The number of ether oxygens (including phenoxy) is 1. The van der Waals surface area contributed by atoms with Gasteiger partial charge in [0.15, 0.2) is 0 Å². The Balaban J connectivity index is 3.58. The predicted octanol–water partition coefficient (Wildman–Crippen LogP) is 11.8. The topological polar surface area (TPSA) is 95.9 Å². The van der Waals surface area contributed by atoms with Crippen LogP contribution in [0.4, 0.5) is 0 Å². The van der Waals surface area contributed by atoms with E-state index in [4.69, 9.17) is 4.74 Å². The van der Waals surface area contributed by atoms with Gasteiger partial charge in [-0.25, -0.2) is 0 Å². The molecule has 0 aromatic rings. The zero-order chi connectivity index (χ0) is 36.6. The van der Waals surface area contributed by atoms with Crippen LogP contribution in [0, 0.1) is 0 Å². The SMILES string of the molecule is CCCCCCCC/C=C\CCCCCCCC(=O)OCCCCCC/C=C\CCCC(=O)NC(CO)C(O)/C=C/CCCCCCCCC. The number of carbonyl (C=O) groups is 2. The van der Waals surface area contributed by atoms with Crippen LogP contribution in [0.1, 0.15) is 206 Å². The molecule has 3 N–H and O–H groups in total. The van der Waals surface area contributed by atoms with E-state index in [0.29, 0.717) is 19.4 Å². The Kier molecular flexibility index (Phi) is 38.3. The average Bonchev–Trinajstić information content (AvgIpc) is 3.11. The summed E-state index contributed by atoms with van der Waals surface area (Å²) < 4.78 is 5.41. The molecule has 6 nitrogen and oxygen atoms in total. The molecule has 292 valence electrons. The molecule has 0 rings (SSSR count). The Morgan fingerprint density at radius 2 is 0.960 bits per heavy atom. The van der Waals surface area contributed by atoms with Crippen molar-refractivity contribution in [2.75, 3.05) is 13.2 Å². The number of aliphatic hydroxyl groups is 2. The quantitative estimate of drug-likeness (QED) is 0.0338. The monoisotopic (exact) mass is 704 g/mol. The number of carbonyl (C=O) groups excluding carboxylic acids is 2. The van der Waals surface area contributed by atoms with Crippen LogP contribution in [0.2, 0.25) is 0 Å². The molecule has 0 aliphatic heterocycles. The van der Waals surface area contributed by atoms with Crippen LogP contribution < -0.4 is 5.32 Å². The maximum atomic E-state index is 12.3. The van der Waals surface area contributed by atoms with Crippen molar-refractivity contribution in [3.63, 3.8) is 0 Å². The Bertz CT molecular complexity index is 823. The van der Waals surface area contributed by atoms with Crippen molar-refractivity contribution in [1.29, 1.82) is 0 Å². The first-order chi connectivity index (χ1) is 24.5. The van der Waals surface area contributed by atoms with Crippen molar-refractivity contribution in [1.82, 2.24) is 5.32 Å². The Hall–Kier alpha value is -1.92. The van der Waals surface area contributed by atoms with E-state index in [1.165, 1.54) is 109 Å². The fourth-order valence-electron chi connectivity index (χ4n) is 6.04. The molecule has 0 aliphatic rings. The highest BCUT2D eigenvalue weighted by atomic mass is 16.5. The lowest BCUT2D eigenvalue weighted by molar-refractivity contribution is -0.143. The summed E-state index contributed by atoms with van der Waals surface area (Å²) in [5.41, 5.74) is 0. The Morgan fingerprint density at radius 3 is 1.46 bits per heavy atom. The summed E-state index contributed by atoms with van der Waals surface area (Å²) in [6.07, 6.45) is 45.7. The minimum Gasteiger partial charge on any atom is -0.466 e. The first-order valence-electron chi connectivity index (χ1n) is 21.3. The van der Waals surface area contributed by atoms with E-state index < -0.39 is 12.1 Å². The van der Waals surface area contributed by atoms with Crippen molar-refractivity contribution in [3.8, 4) is 0 Å². The largest absolute Gasteiger partial charge is 0.466 e. The second-order valence-electron chi connectivity index (χ2n) is 14.3. The molecule has 2 unspecified atom stereocenters. The van der Waals surface area contributed by atoms with Gasteiger partial charge in [0.2, 0.25) is 5.91 Å². The van der Waals surface area contributed by atoms with Gasteiger partial charge >= 0.3 is 5.97 Å². The van der Waals surface area contributed by atoms with Crippen molar-refractivity contribution in [3.05, 3.63) is 36.5 Å². The lowest BCUT2D eigenvalue weighted by atomic mass is 10.1. The minimum atomic E-state index is -0.873. The number of esters is 1. The maximum Gasteiger partial charge on any atom is 0.305 e. The molecule has 2 atom stereocenters. The normalized spacial score (nSPS) is 13.1. The fourth-order valence-corrected chi connectivity index (χ4v) is 6.04. The van der Waals surface area contributed by atoms with Crippen molar-refractivity contribution >= 4 is 11.9 Å². The van der Waals surface area contributed by atoms with Gasteiger partial charge in [0.1, 0.15) is 0 Å². The molecule has 0 aliphatic carbocycles. The summed E-state index contributed by atoms with van der Waals surface area (Å²) in [5.74, 6) is -0.182. The molecule has 0 bridgehead atoms. The highest BCUT2D eigenvalue weighted by Crippen LogP contribution is 2.12. The number of unbranched alkanes of at least 4 members (excludes halogenated alkanes) is 23. The molecule has 0 saturated carbocycles. The number of nitrogens with one attached hydrogen (secondary N) is 1. The fraction of sp³-hybridized carbons (Fsp3) is 0.818. The summed E-state index contributed by atoms with van der Waals surface area (Å²) in [7, 11) is 0. The van der Waals surface area contributed by atoms with Crippen molar-refractivity contribution in [2.45, 2.75) is 219 Å². The maximum absolute atomic E-state index is 12.3. The number of allylic oxidation sites excluding steroid dienone is 5. The molecular weight excluding hydrogens is 622 g/mol. The minimum absolute atomic E-state index is 0.0479. The van der Waals surface area contributed by atoms with E-state index in [2.05, 4.69) is 43.5 Å². The summed E-state index contributed by atoms with van der Waals surface area (Å²) in [6, 6.07) is -0.663. The zero-order valence-corrected chi connectivity index (χ0v) is 32.9. The predicted molar refractivity (Wildman–Crippen MR) is 213 cm³/mol. The molecular formula is C44H81NO5. The van der Waals surface area contributed by atoms with Gasteiger partial charge in [-0.15, -0.1) is 0 Å². The van der Waals surface area contributed by atoms with Crippen LogP contribution in [0.25, 0.3) is 0 Å². The number of hydrogen-bond acceptors (Lipinski definition) is 5. The van der Waals surface area contributed by atoms with Gasteiger partial charge in [0.05, 0.1) is 25.4 Å². The van der Waals surface area contributed by atoms with Gasteiger partial charge < -0.3 is 20.3 Å². The molecule has 6 heteroatoms. The zero-order valence-electron chi connectivity index (χ0n) is 32.9. The van der Waals surface area contributed by atoms with E-state index >= 15 is 0 Å². The van der Waals surface area contributed by atoms with E-state index in [-0.39, 0.29) is 18.5 Å². The van der Waals surface area contributed by atoms with E-state index in [0.717, 1.165) is 70.6 Å². The number of rotatable bonds is 38. The van der Waals surface area contributed by atoms with Gasteiger partial charge in [-0.3, -0.25) is 9.59 Å². The van der Waals surface area contributed by atoms with Crippen molar-refractivity contribution < 1.29 is 24.5 Å². The average molecular weight is 704 g/mol. The summed E-state index contributed by atoms with van der Waals surface area (Å²) in [6.45, 7) is 4.74. The van der Waals surface area contributed by atoms with Crippen LogP contribution in [0.15, 0.2) is 36.5 Å². The van der Waals surface area contributed by atoms with Gasteiger partial charge in [0, 0.05) is 12.8 Å². The lowest BCUT2D eigenvalue weighted by Gasteiger charge is -2.19. The highest BCUT2D eigenvalue weighted by molar-refractivity contribution is 5.76. The van der Waals surface area contributed by atoms with Crippen LogP contribution in [-0.4, -0.2) is 47.4 Å². The molecule has 0 saturated heterocycles. The molecule has 0 aromatic heterocycles. The molecule has 0 fully saturated rings. The van der Waals surface area contributed by atoms with Gasteiger partial charge in [0.25, 0.3) is 0 Å². The number of aliphatic hydroxyl groups excluding tert-OH is 2. The first-order valence-corrected chi connectivity index (χ1v) is 21.3. The van der Waals surface area contributed by atoms with E-state index in [1.54, 1.807) is 6.08 Å². The summed E-state index contributed by atoms with van der Waals surface area (Å²) in [5, 5.41) is 22.8. The van der Waals surface area contributed by atoms with Crippen LogP contribution in [-0.2, 0) is 14.3 Å². The van der Waals surface area contributed by atoms with Crippen molar-refractivity contribution in [2.24, 2.45) is 0 Å². The van der Waals surface area contributed by atoms with Crippen LogP contribution in [0.3, 0.4) is 0 Å². The second-order valence-corrected chi connectivity index (χ2v) is 14.3. The smallest absolute Gasteiger partial charge is 0.305 e. The second kappa shape index (κ2) is 39.9. The van der Waals surface area contributed by atoms with Gasteiger partial charge in [-0.1, -0.05) is 153 Å². The lowest BCUT2D eigenvalue weighted by Crippen LogP contribution is -2.45. The van der Waals surface area contributed by atoms with Gasteiger partial charge in [-0.2, -0.15) is 0 Å². The standard InChI is InChI=1S/C44H81NO5/c1-3-5-7-9-11-13-14-15-16-17-18-22-26-30-34-38-44(49)50-39-35-31-27-23-19-21-25-29-33-37-43(48)45-41(40-46)42(47)36-32-28-24-20-12-10-8-6-4-2/h15-16,21,25,32,36,41-42,46-47H,3-14,17-20,22-24,26-31,33-35,37-40H2,1-2H3,(H,45,48)/b16-15-,25-21-,36-32+. The first kappa shape index (κ1) is 48.1. The number of amides is 1. The summed E-state index contributed by atoms with van der Waals surface area (Å²) >= 11 is 0.